The summed E-state index contributed by atoms with van der Waals surface area (Å²) in [6.07, 6.45) is 3.31. The number of aromatic nitrogens is 2. The van der Waals surface area contributed by atoms with Crippen LogP contribution in [0.1, 0.15) is 35.0 Å². The van der Waals surface area contributed by atoms with Gasteiger partial charge < -0.3 is 10.6 Å². The van der Waals surface area contributed by atoms with Crippen LogP contribution in [-0.4, -0.2) is 34.3 Å². The van der Waals surface area contributed by atoms with Crippen molar-refractivity contribution in [2.75, 3.05) is 13.1 Å². The van der Waals surface area contributed by atoms with Crippen LogP contribution in [0.5, 0.6) is 0 Å². The van der Waals surface area contributed by atoms with Gasteiger partial charge in [-0.05, 0) is 18.1 Å². The van der Waals surface area contributed by atoms with E-state index in [1.54, 1.807) is 34.9 Å². The Hall–Kier alpha value is -2.63. The van der Waals surface area contributed by atoms with Crippen LogP contribution in [0.3, 0.4) is 0 Å². The van der Waals surface area contributed by atoms with Gasteiger partial charge in [0.05, 0.1) is 5.52 Å². The molecule has 0 fully saturated rings. The van der Waals surface area contributed by atoms with E-state index < -0.39 is 0 Å². The Morgan fingerprint density at radius 2 is 2.09 bits per heavy atom. The van der Waals surface area contributed by atoms with E-state index >= 15 is 0 Å². The van der Waals surface area contributed by atoms with E-state index in [1.807, 2.05) is 13.8 Å². The first-order valence-electron chi connectivity index (χ1n) is 7.19. The van der Waals surface area contributed by atoms with Crippen LogP contribution in [-0.2, 0) is 0 Å². The maximum absolute atomic E-state index is 12.3. The molecule has 0 saturated heterocycles. The molecule has 0 spiro atoms. The number of carbonyl (C=O) groups excluding carboxylic acids is 2. The van der Waals surface area contributed by atoms with E-state index in [2.05, 4.69) is 22.2 Å². The highest BCUT2D eigenvalue weighted by Crippen LogP contribution is 2.13. The van der Waals surface area contributed by atoms with Crippen LogP contribution in [0, 0.1) is 5.92 Å². The molecule has 2 N–H and O–H groups in total. The Labute approximate surface area is 129 Å². The van der Waals surface area contributed by atoms with E-state index in [4.69, 9.17) is 0 Å². The number of pyridine rings is 1. The summed E-state index contributed by atoms with van der Waals surface area (Å²) in [6.45, 7) is 8.48. The summed E-state index contributed by atoms with van der Waals surface area (Å²) in [5.74, 6) is -0.0743. The number of rotatable bonds is 6. The topological polar surface area (TPSA) is 75.5 Å². The van der Waals surface area contributed by atoms with E-state index in [-0.39, 0.29) is 23.3 Å². The fraction of sp³-hybridized carbons (Fsp3) is 0.312. The van der Waals surface area contributed by atoms with Gasteiger partial charge in [-0.1, -0.05) is 26.0 Å². The van der Waals surface area contributed by atoms with E-state index in [0.29, 0.717) is 24.5 Å². The number of nitrogens with zero attached hydrogens (tertiary/aromatic N) is 2. The highest BCUT2D eigenvalue weighted by molar-refractivity contribution is 6.02. The fourth-order valence-corrected chi connectivity index (χ4v) is 1.99. The molecule has 2 aromatic heterocycles. The molecule has 2 aromatic rings. The van der Waals surface area contributed by atoms with Gasteiger partial charge in [-0.15, -0.1) is 6.58 Å². The average molecular weight is 300 g/mol. The molecule has 6 nitrogen and oxygen atoms in total. The SMILES string of the molecule is C=CCNC(=O)c1nc(C(=O)NCC(C)C)n2ccccc12. The van der Waals surface area contributed by atoms with Crippen molar-refractivity contribution in [2.24, 2.45) is 5.92 Å². The number of nitrogens with one attached hydrogen (secondary N) is 2. The Bertz CT molecular complexity index is 703. The summed E-state index contributed by atoms with van der Waals surface area (Å²) in [6, 6.07) is 5.35. The van der Waals surface area contributed by atoms with Gasteiger partial charge in [-0.3, -0.25) is 14.0 Å². The van der Waals surface area contributed by atoms with Gasteiger partial charge in [0.1, 0.15) is 0 Å². The van der Waals surface area contributed by atoms with Gasteiger partial charge in [-0.25, -0.2) is 4.98 Å². The van der Waals surface area contributed by atoms with Gasteiger partial charge in [0, 0.05) is 19.3 Å². The minimum atomic E-state index is -0.327. The van der Waals surface area contributed by atoms with Crippen molar-refractivity contribution in [1.29, 1.82) is 0 Å². The predicted octanol–water partition coefficient (Wildman–Crippen LogP) is 1.64. The summed E-state index contributed by atoms with van der Waals surface area (Å²) >= 11 is 0. The Morgan fingerprint density at radius 1 is 1.32 bits per heavy atom. The van der Waals surface area contributed by atoms with Gasteiger partial charge in [-0.2, -0.15) is 0 Å². The van der Waals surface area contributed by atoms with Crippen molar-refractivity contribution < 1.29 is 9.59 Å². The monoisotopic (exact) mass is 300 g/mol. The van der Waals surface area contributed by atoms with Crippen molar-refractivity contribution in [3.8, 4) is 0 Å². The standard InChI is InChI=1S/C16H20N4O2/c1-4-8-17-15(21)13-12-7-5-6-9-20(12)14(19-13)16(22)18-10-11(2)3/h4-7,9,11H,1,8,10H2,2-3H3,(H,17,21)(H,18,22). The molecule has 6 heteroatoms. The van der Waals surface area contributed by atoms with Crippen molar-refractivity contribution in [2.45, 2.75) is 13.8 Å². The Balaban J connectivity index is 2.37. The zero-order chi connectivity index (χ0) is 16.1. The second kappa shape index (κ2) is 6.89. The number of imidazole rings is 1. The highest BCUT2D eigenvalue weighted by Gasteiger charge is 2.20. The van der Waals surface area contributed by atoms with Gasteiger partial charge in [0.15, 0.2) is 5.69 Å². The zero-order valence-corrected chi connectivity index (χ0v) is 12.8. The summed E-state index contributed by atoms with van der Waals surface area (Å²) < 4.78 is 1.62. The molecular formula is C16H20N4O2. The summed E-state index contributed by atoms with van der Waals surface area (Å²) in [5, 5.41) is 5.49. The Morgan fingerprint density at radius 3 is 2.77 bits per heavy atom. The Kier molecular flexibility index (Phi) is 4.93. The van der Waals surface area contributed by atoms with Crippen LogP contribution in [0.4, 0.5) is 0 Å². The lowest BCUT2D eigenvalue weighted by atomic mass is 10.2. The van der Waals surface area contributed by atoms with Crippen LogP contribution in [0.15, 0.2) is 37.1 Å². The van der Waals surface area contributed by atoms with E-state index in [0.717, 1.165) is 0 Å². The van der Waals surface area contributed by atoms with Gasteiger partial charge in [0.25, 0.3) is 11.8 Å². The van der Waals surface area contributed by atoms with E-state index in [9.17, 15) is 9.59 Å². The normalized spacial score (nSPS) is 10.7. The van der Waals surface area contributed by atoms with Gasteiger partial charge >= 0.3 is 0 Å². The molecule has 2 heterocycles. The maximum Gasteiger partial charge on any atom is 0.287 e. The summed E-state index contributed by atoms with van der Waals surface area (Å²) in [4.78, 5) is 28.6. The number of hydrogen-bond donors (Lipinski definition) is 2. The number of carbonyl (C=O) groups is 2. The first kappa shape index (κ1) is 15.8. The summed E-state index contributed by atoms with van der Waals surface area (Å²) in [5.41, 5.74) is 0.830. The van der Waals surface area contributed by atoms with Crippen molar-refractivity contribution in [3.63, 3.8) is 0 Å². The van der Waals surface area contributed by atoms with Crippen LogP contribution in [0.25, 0.3) is 5.52 Å². The van der Waals surface area contributed by atoms with Crippen LogP contribution >= 0.6 is 0 Å². The molecule has 0 bridgehead atoms. The molecule has 2 rings (SSSR count). The first-order valence-corrected chi connectivity index (χ1v) is 7.19. The minimum Gasteiger partial charge on any atom is -0.349 e. The van der Waals surface area contributed by atoms with Crippen LogP contribution in [0.2, 0.25) is 0 Å². The first-order chi connectivity index (χ1) is 10.5. The third kappa shape index (κ3) is 3.33. The lowest BCUT2D eigenvalue weighted by molar-refractivity contribution is 0.0938. The molecule has 22 heavy (non-hydrogen) atoms. The quantitative estimate of drug-likeness (QED) is 0.796. The fourth-order valence-electron chi connectivity index (χ4n) is 1.99. The average Bonchev–Trinajstić information content (AvgIpc) is 2.90. The van der Waals surface area contributed by atoms with Crippen molar-refractivity contribution >= 4 is 17.3 Å². The second-order valence-corrected chi connectivity index (χ2v) is 5.34. The third-order valence-corrected chi connectivity index (χ3v) is 3.04. The largest absolute Gasteiger partial charge is 0.349 e. The number of hydrogen-bond acceptors (Lipinski definition) is 3. The zero-order valence-electron chi connectivity index (χ0n) is 12.8. The highest BCUT2D eigenvalue weighted by atomic mass is 16.2. The number of fused-ring (bicyclic) bond motifs is 1. The van der Waals surface area contributed by atoms with Crippen molar-refractivity contribution in [1.82, 2.24) is 20.0 Å². The molecule has 0 aromatic carbocycles. The van der Waals surface area contributed by atoms with Crippen molar-refractivity contribution in [3.05, 3.63) is 48.6 Å². The molecule has 0 unspecified atom stereocenters. The molecule has 0 atom stereocenters. The molecular weight excluding hydrogens is 280 g/mol. The lowest BCUT2D eigenvalue weighted by Crippen LogP contribution is -2.29. The molecule has 0 aliphatic rings. The third-order valence-electron chi connectivity index (χ3n) is 3.04. The molecule has 116 valence electrons. The predicted molar refractivity (Wildman–Crippen MR) is 84.9 cm³/mol. The second-order valence-electron chi connectivity index (χ2n) is 5.34. The molecule has 0 aliphatic heterocycles. The van der Waals surface area contributed by atoms with E-state index in [1.165, 1.54) is 0 Å². The molecule has 0 aliphatic carbocycles. The lowest BCUT2D eigenvalue weighted by Gasteiger charge is -2.06. The molecule has 0 saturated carbocycles. The smallest absolute Gasteiger partial charge is 0.287 e. The number of amides is 2. The maximum atomic E-state index is 12.3. The molecule has 2 amide bonds. The van der Waals surface area contributed by atoms with Crippen LogP contribution < -0.4 is 10.6 Å². The van der Waals surface area contributed by atoms with Gasteiger partial charge in [0.2, 0.25) is 5.82 Å². The minimum absolute atomic E-state index is 0.208. The molecule has 0 radical (unpaired) electrons. The summed E-state index contributed by atoms with van der Waals surface area (Å²) in [7, 11) is 0.